The summed E-state index contributed by atoms with van der Waals surface area (Å²) in [7, 11) is 1.32. The third kappa shape index (κ3) is 5.21. The summed E-state index contributed by atoms with van der Waals surface area (Å²) in [5.74, 6) is -0.727. The Morgan fingerprint density at radius 3 is 2.11 bits per heavy atom. The summed E-state index contributed by atoms with van der Waals surface area (Å²) in [6.45, 7) is 6.02. The molecule has 0 aromatic heterocycles. The van der Waals surface area contributed by atoms with Crippen LogP contribution < -0.4 is 0 Å². The van der Waals surface area contributed by atoms with Gasteiger partial charge in [0.15, 0.2) is 0 Å². The zero-order valence-electron chi connectivity index (χ0n) is 16.3. The topological polar surface area (TPSA) is 93.1 Å². The maximum atomic E-state index is 13.0. The third-order valence-electron chi connectivity index (χ3n) is 4.74. The molecule has 1 amide bonds. The first-order chi connectivity index (χ1) is 12.6. The molecule has 27 heavy (non-hydrogen) atoms. The molecular weight excluding hydrogens is 350 g/mol. The number of hydrogen-bond donors (Lipinski definition) is 1. The van der Waals surface area contributed by atoms with Crippen LogP contribution in [0.5, 0.6) is 0 Å². The maximum absolute atomic E-state index is 13.0. The van der Waals surface area contributed by atoms with E-state index in [4.69, 9.17) is 9.47 Å². The number of carbonyl (C=O) groups excluding carboxylic acids is 2. The van der Waals surface area contributed by atoms with Gasteiger partial charge in [-0.2, -0.15) is 0 Å². The molecule has 1 aromatic rings. The number of benzene rings is 1. The van der Waals surface area contributed by atoms with Crippen molar-refractivity contribution in [3.05, 3.63) is 35.4 Å². The first-order valence-corrected chi connectivity index (χ1v) is 8.95. The molecule has 1 N–H and O–H groups in total. The average Bonchev–Trinajstić information content (AvgIpc) is 2.60. The molecule has 1 aliphatic rings. The minimum Gasteiger partial charge on any atom is -0.465 e. The molecule has 1 heterocycles. The van der Waals surface area contributed by atoms with Gasteiger partial charge in [0.2, 0.25) is 0 Å². The molecule has 7 heteroatoms. The number of carbonyl (C=O) groups is 3. The predicted octanol–water partition coefficient (Wildman–Crippen LogP) is 3.12. The highest BCUT2D eigenvalue weighted by Crippen LogP contribution is 2.38. The second kappa shape index (κ2) is 7.98. The number of methoxy groups -OCH3 is 1. The van der Waals surface area contributed by atoms with Crippen molar-refractivity contribution in [2.75, 3.05) is 20.2 Å². The zero-order valence-corrected chi connectivity index (χ0v) is 16.3. The molecule has 1 saturated heterocycles. The summed E-state index contributed by atoms with van der Waals surface area (Å²) in [5.41, 5.74) is -0.0834. The average molecular weight is 377 g/mol. The molecule has 0 saturated carbocycles. The van der Waals surface area contributed by atoms with Crippen molar-refractivity contribution in [2.24, 2.45) is 5.41 Å². The van der Waals surface area contributed by atoms with Crippen LogP contribution in [0.3, 0.4) is 0 Å². The summed E-state index contributed by atoms with van der Waals surface area (Å²) in [4.78, 5) is 37.1. The second-order valence-electron chi connectivity index (χ2n) is 7.92. The molecular formula is C20H27NO6. The van der Waals surface area contributed by atoms with Crippen LogP contribution in [0.4, 0.5) is 4.79 Å². The number of nitrogens with zero attached hydrogens (tertiary/aromatic N) is 1. The Morgan fingerprint density at radius 1 is 1.11 bits per heavy atom. The van der Waals surface area contributed by atoms with Gasteiger partial charge >= 0.3 is 18.0 Å². The van der Waals surface area contributed by atoms with Crippen molar-refractivity contribution in [3.8, 4) is 0 Å². The van der Waals surface area contributed by atoms with Crippen LogP contribution in [0.15, 0.2) is 24.3 Å². The van der Waals surface area contributed by atoms with Crippen LogP contribution in [0.2, 0.25) is 0 Å². The van der Waals surface area contributed by atoms with Crippen molar-refractivity contribution in [2.45, 2.75) is 45.6 Å². The van der Waals surface area contributed by atoms with Crippen molar-refractivity contribution < 1.29 is 29.0 Å². The Bertz CT molecular complexity index is 696. The predicted molar refractivity (Wildman–Crippen MR) is 98.6 cm³/mol. The normalized spacial score (nSPS) is 16.5. The Kier molecular flexibility index (Phi) is 6.13. The minimum atomic E-state index is -0.977. The van der Waals surface area contributed by atoms with E-state index >= 15 is 0 Å². The van der Waals surface area contributed by atoms with Crippen molar-refractivity contribution >= 4 is 18.0 Å². The van der Waals surface area contributed by atoms with E-state index in [1.165, 1.54) is 12.0 Å². The molecule has 0 unspecified atom stereocenters. The van der Waals surface area contributed by atoms with Gasteiger partial charge in [-0.25, -0.2) is 9.59 Å². The first kappa shape index (κ1) is 20.7. The van der Waals surface area contributed by atoms with Gasteiger partial charge in [-0.05, 0) is 57.7 Å². The Balaban J connectivity index is 2.23. The van der Waals surface area contributed by atoms with Gasteiger partial charge in [-0.3, -0.25) is 4.79 Å². The van der Waals surface area contributed by atoms with Crippen LogP contribution in [-0.4, -0.2) is 53.8 Å². The van der Waals surface area contributed by atoms with E-state index < -0.39 is 23.1 Å². The summed E-state index contributed by atoms with van der Waals surface area (Å²) in [6, 6.07) is 6.91. The fraction of sp³-hybridized carbons (Fsp3) is 0.550. The fourth-order valence-electron chi connectivity index (χ4n) is 3.23. The lowest BCUT2D eigenvalue weighted by atomic mass is 9.73. The van der Waals surface area contributed by atoms with E-state index in [1.54, 1.807) is 24.3 Å². The highest BCUT2D eigenvalue weighted by Gasteiger charge is 2.45. The minimum absolute atomic E-state index is 0.287. The second-order valence-corrected chi connectivity index (χ2v) is 7.92. The lowest BCUT2D eigenvalue weighted by Crippen LogP contribution is -2.49. The van der Waals surface area contributed by atoms with E-state index in [1.807, 2.05) is 20.8 Å². The molecule has 1 aromatic carbocycles. The van der Waals surface area contributed by atoms with Gasteiger partial charge in [-0.15, -0.1) is 0 Å². The van der Waals surface area contributed by atoms with Crippen molar-refractivity contribution in [1.29, 1.82) is 0 Å². The molecule has 148 valence electrons. The Morgan fingerprint density at radius 2 is 1.67 bits per heavy atom. The van der Waals surface area contributed by atoms with E-state index in [-0.39, 0.29) is 19.1 Å². The van der Waals surface area contributed by atoms with Crippen LogP contribution in [0.1, 0.15) is 49.5 Å². The van der Waals surface area contributed by atoms with Gasteiger partial charge in [0.05, 0.1) is 18.1 Å². The Labute approximate surface area is 159 Å². The van der Waals surface area contributed by atoms with Gasteiger partial charge in [0, 0.05) is 13.1 Å². The van der Waals surface area contributed by atoms with Crippen LogP contribution in [-0.2, 0) is 20.7 Å². The molecule has 0 spiro atoms. The lowest BCUT2D eigenvalue weighted by molar-refractivity contribution is -0.170. The first-order valence-electron chi connectivity index (χ1n) is 8.95. The molecule has 1 aliphatic heterocycles. The molecule has 7 nitrogen and oxygen atoms in total. The maximum Gasteiger partial charge on any atom is 0.407 e. The number of rotatable bonds is 4. The summed E-state index contributed by atoms with van der Waals surface area (Å²) < 4.78 is 10.3. The lowest BCUT2D eigenvalue weighted by Gasteiger charge is -2.40. The van der Waals surface area contributed by atoms with Gasteiger partial charge in [-0.1, -0.05) is 12.1 Å². The SMILES string of the molecule is COC(=O)c1ccc(CC2(C(=O)OC(C)(C)C)CCN(C(=O)O)CC2)cc1. The third-order valence-corrected chi connectivity index (χ3v) is 4.74. The number of hydrogen-bond acceptors (Lipinski definition) is 5. The summed E-state index contributed by atoms with van der Waals surface area (Å²) in [6.07, 6.45) is 0.242. The van der Waals surface area contributed by atoms with Gasteiger partial charge < -0.3 is 19.5 Å². The quantitative estimate of drug-likeness (QED) is 0.811. The van der Waals surface area contributed by atoms with Crippen LogP contribution >= 0.6 is 0 Å². The Hall–Kier alpha value is -2.57. The number of esters is 2. The number of piperidine rings is 1. The number of likely N-dealkylation sites (tertiary alicyclic amines) is 1. The number of amides is 1. The van der Waals surface area contributed by atoms with E-state index in [0.29, 0.717) is 24.8 Å². The molecule has 0 aliphatic carbocycles. The van der Waals surface area contributed by atoms with E-state index in [2.05, 4.69) is 0 Å². The van der Waals surface area contributed by atoms with E-state index in [9.17, 15) is 19.5 Å². The highest BCUT2D eigenvalue weighted by atomic mass is 16.6. The van der Waals surface area contributed by atoms with Crippen molar-refractivity contribution in [1.82, 2.24) is 4.90 Å². The monoisotopic (exact) mass is 377 g/mol. The van der Waals surface area contributed by atoms with Crippen LogP contribution in [0, 0.1) is 5.41 Å². The van der Waals surface area contributed by atoms with Gasteiger partial charge in [0.1, 0.15) is 5.60 Å². The van der Waals surface area contributed by atoms with Crippen molar-refractivity contribution in [3.63, 3.8) is 0 Å². The standard InChI is InChI=1S/C20H27NO6/c1-19(2,3)27-17(23)20(9-11-21(12-10-20)18(24)25)13-14-5-7-15(8-6-14)16(22)26-4/h5-8H,9-13H2,1-4H3,(H,24,25). The molecule has 1 fully saturated rings. The molecule has 0 atom stereocenters. The smallest absolute Gasteiger partial charge is 0.407 e. The fourth-order valence-corrected chi connectivity index (χ4v) is 3.23. The number of carboxylic acid groups (broad SMARTS) is 1. The molecule has 0 bridgehead atoms. The highest BCUT2D eigenvalue weighted by molar-refractivity contribution is 5.89. The molecule has 0 radical (unpaired) electrons. The van der Waals surface area contributed by atoms with E-state index in [0.717, 1.165) is 5.56 Å². The van der Waals surface area contributed by atoms with Crippen LogP contribution in [0.25, 0.3) is 0 Å². The zero-order chi connectivity index (χ0) is 20.2. The summed E-state index contributed by atoms with van der Waals surface area (Å²) in [5, 5.41) is 9.20. The van der Waals surface area contributed by atoms with Gasteiger partial charge in [0.25, 0.3) is 0 Å². The molecule has 2 rings (SSSR count). The largest absolute Gasteiger partial charge is 0.465 e. The summed E-state index contributed by atoms with van der Waals surface area (Å²) >= 11 is 0. The number of ether oxygens (including phenoxy) is 2.